The van der Waals surface area contributed by atoms with Crippen LogP contribution < -0.4 is 11.1 Å². The van der Waals surface area contributed by atoms with Crippen molar-refractivity contribution in [3.05, 3.63) is 0 Å². The van der Waals surface area contributed by atoms with E-state index in [2.05, 4.69) is 5.32 Å². The van der Waals surface area contributed by atoms with Gasteiger partial charge in [0.15, 0.2) is 0 Å². The standard InChI is InChI=1S/C7H18N2O/c1-5(2)6(9-4)7(3,8)10/h5-6,9-10H,8H2,1-4H3/t6-,7?/m0/s1. The Morgan fingerprint density at radius 1 is 1.50 bits per heavy atom. The van der Waals surface area contributed by atoms with Crippen LogP contribution in [-0.2, 0) is 0 Å². The zero-order valence-electron chi connectivity index (χ0n) is 7.18. The van der Waals surface area contributed by atoms with Crippen LogP contribution in [0.4, 0.5) is 0 Å². The van der Waals surface area contributed by atoms with E-state index < -0.39 is 5.72 Å². The Bertz CT molecular complexity index is 96.3. The average molecular weight is 146 g/mol. The Kier molecular flexibility index (Phi) is 3.28. The molecule has 1 unspecified atom stereocenters. The molecule has 3 heteroatoms. The summed E-state index contributed by atoms with van der Waals surface area (Å²) in [5.74, 6) is 0.338. The van der Waals surface area contributed by atoms with Gasteiger partial charge in [-0.25, -0.2) is 0 Å². The van der Waals surface area contributed by atoms with Gasteiger partial charge in [0, 0.05) is 0 Å². The fourth-order valence-corrected chi connectivity index (χ4v) is 1.30. The van der Waals surface area contributed by atoms with Crippen molar-refractivity contribution in [1.29, 1.82) is 0 Å². The van der Waals surface area contributed by atoms with Crippen molar-refractivity contribution in [3.8, 4) is 0 Å². The van der Waals surface area contributed by atoms with E-state index in [4.69, 9.17) is 5.73 Å². The first-order valence-corrected chi connectivity index (χ1v) is 3.58. The molecule has 0 aliphatic rings. The first kappa shape index (κ1) is 9.88. The number of nitrogens with two attached hydrogens (primary N) is 1. The lowest BCUT2D eigenvalue weighted by Crippen LogP contribution is -2.56. The molecule has 0 fully saturated rings. The number of hydrogen-bond acceptors (Lipinski definition) is 3. The largest absolute Gasteiger partial charge is 0.375 e. The van der Waals surface area contributed by atoms with Gasteiger partial charge in [0.25, 0.3) is 0 Å². The smallest absolute Gasteiger partial charge is 0.126 e. The highest BCUT2D eigenvalue weighted by Crippen LogP contribution is 2.10. The summed E-state index contributed by atoms with van der Waals surface area (Å²) in [6.45, 7) is 5.64. The van der Waals surface area contributed by atoms with Crippen molar-refractivity contribution >= 4 is 0 Å². The van der Waals surface area contributed by atoms with Crippen LogP contribution >= 0.6 is 0 Å². The van der Waals surface area contributed by atoms with Crippen LogP contribution in [-0.4, -0.2) is 23.9 Å². The van der Waals surface area contributed by atoms with Crippen LogP contribution in [0.2, 0.25) is 0 Å². The van der Waals surface area contributed by atoms with Gasteiger partial charge in [-0.2, -0.15) is 0 Å². The predicted molar refractivity (Wildman–Crippen MR) is 42.5 cm³/mol. The zero-order chi connectivity index (χ0) is 8.36. The van der Waals surface area contributed by atoms with Gasteiger partial charge in [-0.1, -0.05) is 13.8 Å². The molecule has 62 valence electrons. The number of aliphatic hydroxyl groups is 1. The van der Waals surface area contributed by atoms with Crippen molar-refractivity contribution in [3.63, 3.8) is 0 Å². The molecule has 0 aromatic heterocycles. The Hall–Kier alpha value is -0.120. The molecule has 3 nitrogen and oxygen atoms in total. The number of hydrogen-bond donors (Lipinski definition) is 3. The molecule has 0 aromatic rings. The molecule has 0 saturated heterocycles. The third-order valence-corrected chi connectivity index (χ3v) is 1.61. The molecule has 0 amide bonds. The molecule has 0 saturated carbocycles. The van der Waals surface area contributed by atoms with Gasteiger partial charge >= 0.3 is 0 Å². The summed E-state index contributed by atoms with van der Waals surface area (Å²) in [5.41, 5.74) is 4.36. The van der Waals surface area contributed by atoms with E-state index >= 15 is 0 Å². The monoisotopic (exact) mass is 146 g/mol. The zero-order valence-corrected chi connectivity index (χ0v) is 7.18. The van der Waals surface area contributed by atoms with Gasteiger partial charge in [-0.3, -0.25) is 0 Å². The third-order valence-electron chi connectivity index (χ3n) is 1.61. The normalized spacial score (nSPS) is 20.7. The van der Waals surface area contributed by atoms with Crippen molar-refractivity contribution in [2.75, 3.05) is 7.05 Å². The van der Waals surface area contributed by atoms with Crippen molar-refractivity contribution in [1.82, 2.24) is 5.32 Å². The maximum Gasteiger partial charge on any atom is 0.126 e. The molecule has 0 rings (SSSR count). The van der Waals surface area contributed by atoms with Gasteiger partial charge in [0.1, 0.15) is 5.72 Å². The lowest BCUT2D eigenvalue weighted by Gasteiger charge is -2.31. The summed E-state index contributed by atoms with van der Waals surface area (Å²) in [6.07, 6.45) is 0. The average Bonchev–Trinajstić information content (AvgIpc) is 1.60. The van der Waals surface area contributed by atoms with Crippen LogP contribution in [0, 0.1) is 5.92 Å². The van der Waals surface area contributed by atoms with E-state index in [1.807, 2.05) is 13.8 Å². The highest BCUT2D eigenvalue weighted by Gasteiger charge is 2.28. The van der Waals surface area contributed by atoms with Crippen LogP contribution in [0.1, 0.15) is 20.8 Å². The summed E-state index contributed by atoms with van der Waals surface area (Å²) in [7, 11) is 1.80. The maximum atomic E-state index is 9.36. The molecule has 0 aliphatic heterocycles. The van der Waals surface area contributed by atoms with Gasteiger partial charge in [0.05, 0.1) is 6.04 Å². The molecule has 4 N–H and O–H groups in total. The lowest BCUT2D eigenvalue weighted by molar-refractivity contribution is 0.0117. The molecule has 0 aromatic carbocycles. The molecular weight excluding hydrogens is 128 g/mol. The second kappa shape index (κ2) is 3.32. The second-order valence-corrected chi connectivity index (χ2v) is 3.24. The predicted octanol–water partition coefficient (Wildman–Crippen LogP) is -0.102. The molecule has 0 heterocycles. The molecule has 0 aliphatic carbocycles. The summed E-state index contributed by atoms with van der Waals surface area (Å²) in [4.78, 5) is 0. The van der Waals surface area contributed by atoms with Gasteiger partial charge < -0.3 is 16.2 Å². The van der Waals surface area contributed by atoms with Crippen molar-refractivity contribution < 1.29 is 5.11 Å². The van der Waals surface area contributed by atoms with Gasteiger partial charge in [-0.15, -0.1) is 0 Å². The summed E-state index contributed by atoms with van der Waals surface area (Å²) in [6, 6.07) is -0.0486. The van der Waals surface area contributed by atoms with Crippen LogP contribution in [0.15, 0.2) is 0 Å². The van der Waals surface area contributed by atoms with E-state index in [1.165, 1.54) is 0 Å². The number of likely N-dealkylation sites (N-methyl/N-ethyl adjacent to an activating group) is 1. The van der Waals surface area contributed by atoms with E-state index in [-0.39, 0.29) is 6.04 Å². The molecular formula is C7H18N2O. The molecule has 0 spiro atoms. The van der Waals surface area contributed by atoms with Crippen LogP contribution in [0.25, 0.3) is 0 Å². The minimum absolute atomic E-state index is 0.0486. The van der Waals surface area contributed by atoms with E-state index in [9.17, 15) is 5.11 Å². The Morgan fingerprint density at radius 3 is 1.90 bits per heavy atom. The fourth-order valence-electron chi connectivity index (χ4n) is 1.30. The summed E-state index contributed by atoms with van der Waals surface area (Å²) in [5, 5.41) is 12.3. The maximum absolute atomic E-state index is 9.36. The SMILES string of the molecule is CN[C@@H](C(C)C)C(C)(N)O. The van der Waals surface area contributed by atoms with Gasteiger partial charge in [-0.05, 0) is 19.9 Å². The van der Waals surface area contributed by atoms with Crippen LogP contribution in [0.3, 0.4) is 0 Å². The Labute approximate surface area is 62.6 Å². The third kappa shape index (κ3) is 2.64. The number of nitrogens with one attached hydrogen (secondary N) is 1. The van der Waals surface area contributed by atoms with E-state index in [0.29, 0.717) is 5.92 Å². The minimum atomic E-state index is -1.12. The quantitative estimate of drug-likeness (QED) is 0.487. The lowest BCUT2D eigenvalue weighted by atomic mass is 9.95. The Morgan fingerprint density at radius 2 is 1.90 bits per heavy atom. The van der Waals surface area contributed by atoms with Crippen molar-refractivity contribution in [2.24, 2.45) is 11.7 Å². The Balaban J connectivity index is 4.07. The van der Waals surface area contributed by atoms with E-state index in [1.54, 1.807) is 14.0 Å². The first-order chi connectivity index (χ1) is 4.39. The molecule has 0 radical (unpaired) electrons. The second-order valence-electron chi connectivity index (χ2n) is 3.24. The van der Waals surface area contributed by atoms with Gasteiger partial charge in [0.2, 0.25) is 0 Å². The molecule has 10 heavy (non-hydrogen) atoms. The highest BCUT2D eigenvalue weighted by atomic mass is 16.3. The van der Waals surface area contributed by atoms with E-state index in [0.717, 1.165) is 0 Å². The topological polar surface area (TPSA) is 58.3 Å². The molecule has 0 bridgehead atoms. The highest BCUT2D eigenvalue weighted by molar-refractivity contribution is 4.83. The minimum Gasteiger partial charge on any atom is -0.375 e. The number of rotatable bonds is 3. The summed E-state index contributed by atoms with van der Waals surface area (Å²) < 4.78 is 0. The summed E-state index contributed by atoms with van der Waals surface area (Å²) >= 11 is 0. The van der Waals surface area contributed by atoms with Crippen LogP contribution in [0.5, 0.6) is 0 Å². The molecule has 2 atom stereocenters. The first-order valence-electron chi connectivity index (χ1n) is 3.58. The fraction of sp³-hybridized carbons (Fsp3) is 1.00. The van der Waals surface area contributed by atoms with Crippen molar-refractivity contribution in [2.45, 2.75) is 32.5 Å².